The molecular weight excluding hydrogens is 238 g/mol. The van der Waals surface area contributed by atoms with Crippen molar-refractivity contribution in [2.45, 2.75) is 40.2 Å². The first kappa shape index (κ1) is 15.6. The fraction of sp³-hybridized carbons (Fsp3) is 0.625. The van der Waals surface area contributed by atoms with E-state index in [0.717, 1.165) is 18.1 Å². The average Bonchev–Trinajstić information content (AvgIpc) is 2.28. The molecule has 0 aromatic heterocycles. The van der Waals surface area contributed by atoms with Crippen molar-refractivity contribution in [3.63, 3.8) is 0 Å². The van der Waals surface area contributed by atoms with Crippen LogP contribution in [0.15, 0.2) is 24.3 Å². The Bertz CT molecular complexity index is 329. The number of hydrogen-bond acceptors (Lipinski definition) is 2. The standard InChI is InChI=1S/C16H27NS/c1-12(2)9-14-5-7-15(8-6-14)16(17)11-18-10-13(3)4/h5-8,12-13,16H,9-11,17H2,1-4H3. The maximum Gasteiger partial charge on any atom is 0.0386 e. The zero-order chi connectivity index (χ0) is 13.5. The maximum atomic E-state index is 6.21. The van der Waals surface area contributed by atoms with E-state index in [9.17, 15) is 0 Å². The summed E-state index contributed by atoms with van der Waals surface area (Å²) in [5, 5.41) is 0. The van der Waals surface area contributed by atoms with Gasteiger partial charge in [0.25, 0.3) is 0 Å². The minimum atomic E-state index is 0.168. The smallest absolute Gasteiger partial charge is 0.0386 e. The molecule has 1 nitrogen and oxygen atoms in total. The van der Waals surface area contributed by atoms with E-state index in [4.69, 9.17) is 5.73 Å². The van der Waals surface area contributed by atoms with E-state index in [1.807, 2.05) is 11.8 Å². The molecule has 2 heteroatoms. The fourth-order valence-corrected chi connectivity index (χ4v) is 2.95. The van der Waals surface area contributed by atoms with Crippen LogP contribution in [0, 0.1) is 11.8 Å². The van der Waals surface area contributed by atoms with Crippen molar-refractivity contribution >= 4 is 11.8 Å². The Labute approximate surface area is 117 Å². The van der Waals surface area contributed by atoms with Crippen molar-refractivity contribution in [3.8, 4) is 0 Å². The highest BCUT2D eigenvalue weighted by molar-refractivity contribution is 7.99. The van der Waals surface area contributed by atoms with Crippen molar-refractivity contribution in [3.05, 3.63) is 35.4 Å². The van der Waals surface area contributed by atoms with Gasteiger partial charge in [-0.25, -0.2) is 0 Å². The topological polar surface area (TPSA) is 26.0 Å². The molecule has 1 aromatic rings. The summed E-state index contributed by atoms with van der Waals surface area (Å²) in [5.74, 6) is 3.67. The van der Waals surface area contributed by atoms with Gasteiger partial charge in [0, 0.05) is 11.8 Å². The molecule has 1 aromatic carbocycles. The van der Waals surface area contributed by atoms with E-state index in [-0.39, 0.29) is 6.04 Å². The average molecular weight is 265 g/mol. The van der Waals surface area contributed by atoms with Gasteiger partial charge in [-0.1, -0.05) is 52.0 Å². The molecule has 1 atom stereocenters. The van der Waals surface area contributed by atoms with E-state index >= 15 is 0 Å². The molecule has 0 bridgehead atoms. The van der Waals surface area contributed by atoms with Gasteiger partial charge in [0.15, 0.2) is 0 Å². The number of hydrogen-bond donors (Lipinski definition) is 1. The van der Waals surface area contributed by atoms with E-state index in [1.165, 1.54) is 16.9 Å². The molecule has 0 aliphatic rings. The Morgan fingerprint density at radius 2 is 1.56 bits per heavy atom. The summed E-state index contributed by atoms with van der Waals surface area (Å²) >= 11 is 1.95. The van der Waals surface area contributed by atoms with E-state index in [1.54, 1.807) is 0 Å². The number of benzene rings is 1. The number of nitrogens with two attached hydrogens (primary N) is 1. The van der Waals surface area contributed by atoms with Crippen LogP contribution >= 0.6 is 11.8 Å². The van der Waals surface area contributed by atoms with Crippen molar-refractivity contribution in [2.24, 2.45) is 17.6 Å². The summed E-state index contributed by atoms with van der Waals surface area (Å²) in [7, 11) is 0. The van der Waals surface area contributed by atoms with Crippen LogP contribution in [0.5, 0.6) is 0 Å². The van der Waals surface area contributed by atoms with Crippen molar-refractivity contribution < 1.29 is 0 Å². The lowest BCUT2D eigenvalue weighted by molar-refractivity contribution is 0.647. The number of thioether (sulfide) groups is 1. The maximum absolute atomic E-state index is 6.21. The Morgan fingerprint density at radius 3 is 2.06 bits per heavy atom. The molecule has 0 aliphatic carbocycles. The van der Waals surface area contributed by atoms with Crippen molar-refractivity contribution in [1.82, 2.24) is 0 Å². The molecule has 1 rings (SSSR count). The molecule has 0 aliphatic heterocycles. The molecule has 0 radical (unpaired) electrons. The molecule has 0 spiro atoms. The van der Waals surface area contributed by atoms with Gasteiger partial charge in [0.2, 0.25) is 0 Å². The SMILES string of the molecule is CC(C)CSCC(N)c1ccc(CC(C)C)cc1. The van der Waals surface area contributed by atoms with Gasteiger partial charge in [0.1, 0.15) is 0 Å². The second kappa shape index (κ2) is 7.85. The Morgan fingerprint density at radius 1 is 0.944 bits per heavy atom. The van der Waals surface area contributed by atoms with Crippen LogP contribution < -0.4 is 5.73 Å². The van der Waals surface area contributed by atoms with E-state index < -0.39 is 0 Å². The highest BCUT2D eigenvalue weighted by Gasteiger charge is 2.07. The molecule has 0 saturated heterocycles. The summed E-state index contributed by atoms with van der Waals surface area (Å²) < 4.78 is 0. The van der Waals surface area contributed by atoms with E-state index in [0.29, 0.717) is 5.92 Å². The highest BCUT2D eigenvalue weighted by atomic mass is 32.2. The quantitative estimate of drug-likeness (QED) is 0.796. The molecular formula is C16H27NS. The molecule has 0 heterocycles. The summed E-state index contributed by atoms with van der Waals surface area (Å²) in [4.78, 5) is 0. The second-order valence-corrected chi connectivity index (χ2v) is 6.95. The van der Waals surface area contributed by atoms with Crippen LogP contribution in [0.3, 0.4) is 0 Å². The molecule has 0 fully saturated rings. The lowest BCUT2D eigenvalue weighted by Gasteiger charge is -2.13. The minimum absolute atomic E-state index is 0.168. The third-order valence-corrected chi connectivity index (χ3v) is 4.30. The predicted molar refractivity (Wildman–Crippen MR) is 84.1 cm³/mol. The third kappa shape index (κ3) is 5.92. The monoisotopic (exact) mass is 265 g/mol. The molecule has 1 unspecified atom stereocenters. The van der Waals surface area contributed by atoms with Crippen LogP contribution in [0.4, 0.5) is 0 Å². The third-order valence-electron chi connectivity index (χ3n) is 2.80. The van der Waals surface area contributed by atoms with Gasteiger partial charge in [-0.3, -0.25) is 0 Å². The first-order chi connectivity index (χ1) is 8.49. The minimum Gasteiger partial charge on any atom is -0.323 e. The van der Waals surface area contributed by atoms with Gasteiger partial charge in [-0.2, -0.15) is 11.8 Å². The molecule has 0 saturated carbocycles. The van der Waals surface area contributed by atoms with Crippen LogP contribution in [-0.4, -0.2) is 11.5 Å². The Kier molecular flexibility index (Phi) is 6.80. The fourth-order valence-electron chi connectivity index (χ4n) is 1.90. The second-order valence-electron chi connectivity index (χ2n) is 5.88. The van der Waals surface area contributed by atoms with Gasteiger partial charge in [-0.05, 0) is 35.1 Å². The van der Waals surface area contributed by atoms with Gasteiger partial charge in [-0.15, -0.1) is 0 Å². The first-order valence-electron chi connectivity index (χ1n) is 6.91. The van der Waals surface area contributed by atoms with Crippen LogP contribution in [0.25, 0.3) is 0 Å². The Balaban J connectivity index is 2.46. The largest absolute Gasteiger partial charge is 0.323 e. The molecule has 18 heavy (non-hydrogen) atoms. The van der Waals surface area contributed by atoms with Crippen LogP contribution in [0.2, 0.25) is 0 Å². The van der Waals surface area contributed by atoms with Gasteiger partial charge < -0.3 is 5.73 Å². The van der Waals surface area contributed by atoms with Crippen LogP contribution in [0.1, 0.15) is 44.9 Å². The van der Waals surface area contributed by atoms with E-state index in [2.05, 4.69) is 52.0 Å². The zero-order valence-electron chi connectivity index (χ0n) is 12.1. The van der Waals surface area contributed by atoms with Crippen LogP contribution in [-0.2, 0) is 6.42 Å². The summed E-state index contributed by atoms with van der Waals surface area (Å²) in [6, 6.07) is 9.00. The molecule has 0 amide bonds. The zero-order valence-corrected chi connectivity index (χ0v) is 13.0. The number of rotatable bonds is 7. The first-order valence-corrected chi connectivity index (χ1v) is 8.06. The van der Waals surface area contributed by atoms with Gasteiger partial charge >= 0.3 is 0 Å². The Hall–Kier alpha value is -0.470. The van der Waals surface area contributed by atoms with Crippen molar-refractivity contribution in [2.75, 3.05) is 11.5 Å². The summed E-state index contributed by atoms with van der Waals surface area (Å²) in [6.45, 7) is 9.00. The van der Waals surface area contributed by atoms with Gasteiger partial charge in [0.05, 0.1) is 0 Å². The normalized spacial score (nSPS) is 13.3. The lowest BCUT2D eigenvalue weighted by Crippen LogP contribution is -2.13. The summed E-state index contributed by atoms with van der Waals surface area (Å²) in [6.07, 6.45) is 1.15. The molecule has 2 N–H and O–H groups in total. The molecule has 102 valence electrons. The lowest BCUT2D eigenvalue weighted by atomic mass is 10.0. The predicted octanol–water partition coefficient (Wildman–Crippen LogP) is 4.27. The summed E-state index contributed by atoms with van der Waals surface area (Å²) in [5.41, 5.74) is 8.89. The van der Waals surface area contributed by atoms with Crippen molar-refractivity contribution in [1.29, 1.82) is 0 Å². The highest BCUT2D eigenvalue weighted by Crippen LogP contribution is 2.19.